The summed E-state index contributed by atoms with van der Waals surface area (Å²) in [6, 6.07) is 15.9. The first-order valence-electron chi connectivity index (χ1n) is 6.01. The monoisotopic (exact) mass is 241 g/mol. The van der Waals surface area contributed by atoms with Gasteiger partial charge in [-0.05, 0) is 23.3 Å². The molecule has 2 aromatic carbocycles. The first kappa shape index (κ1) is 11.1. The fourth-order valence-corrected chi connectivity index (χ4v) is 1.87. The largest absolute Gasteiger partial charge is 0.487 e. The molecule has 1 aliphatic heterocycles. The number of nitrogen functional groups attached to an aromatic ring is 1. The zero-order valence-electron chi connectivity index (χ0n) is 10.0. The minimum absolute atomic E-state index is 0.232. The van der Waals surface area contributed by atoms with Gasteiger partial charge >= 0.3 is 0 Å². The molecule has 1 saturated heterocycles. The number of nitrogens with two attached hydrogens (primary N) is 1. The minimum atomic E-state index is 0.232. The van der Waals surface area contributed by atoms with E-state index in [1.165, 1.54) is 0 Å². The third-order valence-electron chi connectivity index (χ3n) is 2.98. The van der Waals surface area contributed by atoms with Crippen LogP contribution in [0.1, 0.15) is 17.2 Å². The normalized spacial score (nSPS) is 17.4. The number of epoxide rings is 1. The van der Waals surface area contributed by atoms with Crippen molar-refractivity contribution < 1.29 is 9.47 Å². The summed E-state index contributed by atoms with van der Waals surface area (Å²) in [7, 11) is 0. The van der Waals surface area contributed by atoms with Crippen molar-refractivity contribution in [3.05, 3.63) is 59.7 Å². The summed E-state index contributed by atoms with van der Waals surface area (Å²) in [5.74, 6) is 0.725. The van der Waals surface area contributed by atoms with Crippen LogP contribution in [0.25, 0.3) is 0 Å². The van der Waals surface area contributed by atoms with Crippen molar-refractivity contribution in [3.63, 3.8) is 0 Å². The van der Waals surface area contributed by atoms with Crippen LogP contribution in [0.15, 0.2) is 48.5 Å². The quantitative estimate of drug-likeness (QED) is 0.661. The van der Waals surface area contributed by atoms with Crippen LogP contribution in [-0.4, -0.2) is 6.61 Å². The van der Waals surface area contributed by atoms with Crippen LogP contribution in [0.3, 0.4) is 0 Å². The van der Waals surface area contributed by atoms with Gasteiger partial charge in [-0.15, -0.1) is 0 Å². The van der Waals surface area contributed by atoms with E-state index >= 15 is 0 Å². The van der Waals surface area contributed by atoms with Crippen molar-refractivity contribution in [2.75, 3.05) is 12.3 Å². The van der Waals surface area contributed by atoms with Gasteiger partial charge < -0.3 is 15.2 Å². The molecule has 0 bridgehead atoms. The Kier molecular flexibility index (Phi) is 2.90. The Morgan fingerprint density at radius 3 is 2.61 bits per heavy atom. The molecule has 0 amide bonds. The highest BCUT2D eigenvalue weighted by molar-refractivity contribution is 5.55. The summed E-state index contributed by atoms with van der Waals surface area (Å²) >= 11 is 0. The van der Waals surface area contributed by atoms with E-state index in [0.29, 0.717) is 12.3 Å². The fourth-order valence-electron chi connectivity index (χ4n) is 1.87. The van der Waals surface area contributed by atoms with Gasteiger partial charge in [0.2, 0.25) is 0 Å². The lowest BCUT2D eigenvalue weighted by Crippen LogP contribution is -1.99. The van der Waals surface area contributed by atoms with E-state index in [1.807, 2.05) is 48.5 Å². The zero-order valence-corrected chi connectivity index (χ0v) is 10.0. The lowest BCUT2D eigenvalue weighted by molar-refractivity contribution is 0.308. The van der Waals surface area contributed by atoms with Crippen LogP contribution < -0.4 is 10.5 Å². The second kappa shape index (κ2) is 4.70. The zero-order chi connectivity index (χ0) is 12.4. The van der Waals surface area contributed by atoms with Crippen molar-refractivity contribution in [1.29, 1.82) is 0 Å². The van der Waals surface area contributed by atoms with Crippen molar-refractivity contribution in [2.45, 2.75) is 12.7 Å². The number of hydrogen-bond acceptors (Lipinski definition) is 3. The van der Waals surface area contributed by atoms with Crippen molar-refractivity contribution in [1.82, 2.24) is 0 Å². The van der Waals surface area contributed by atoms with Gasteiger partial charge in [0.1, 0.15) is 18.5 Å². The van der Waals surface area contributed by atoms with Gasteiger partial charge in [0.25, 0.3) is 0 Å². The van der Waals surface area contributed by atoms with Crippen LogP contribution in [-0.2, 0) is 11.3 Å². The van der Waals surface area contributed by atoms with E-state index in [4.69, 9.17) is 15.2 Å². The van der Waals surface area contributed by atoms with Crippen molar-refractivity contribution >= 4 is 5.69 Å². The van der Waals surface area contributed by atoms with E-state index in [9.17, 15) is 0 Å². The molecule has 1 heterocycles. The molecule has 1 fully saturated rings. The maximum Gasteiger partial charge on any atom is 0.142 e. The molecule has 0 aromatic heterocycles. The molecule has 0 radical (unpaired) electrons. The van der Waals surface area contributed by atoms with Gasteiger partial charge in [-0.2, -0.15) is 0 Å². The van der Waals surface area contributed by atoms with Crippen LogP contribution in [0.5, 0.6) is 5.75 Å². The molecule has 0 unspecified atom stereocenters. The van der Waals surface area contributed by atoms with Gasteiger partial charge in [0.15, 0.2) is 0 Å². The number of hydrogen-bond donors (Lipinski definition) is 1. The molecule has 2 aromatic rings. The Balaban J connectivity index is 1.69. The molecule has 1 atom stereocenters. The summed E-state index contributed by atoms with van der Waals surface area (Å²) < 4.78 is 10.9. The lowest BCUT2D eigenvalue weighted by Gasteiger charge is -2.09. The van der Waals surface area contributed by atoms with E-state index in [0.717, 1.165) is 23.5 Å². The molecule has 2 N–H and O–H groups in total. The Labute approximate surface area is 106 Å². The predicted octanol–water partition coefficient (Wildman–Crippen LogP) is 2.92. The van der Waals surface area contributed by atoms with Crippen LogP contribution in [0, 0.1) is 0 Å². The number of ether oxygens (including phenoxy) is 2. The van der Waals surface area contributed by atoms with E-state index < -0.39 is 0 Å². The Morgan fingerprint density at radius 1 is 1.17 bits per heavy atom. The molecule has 0 saturated carbocycles. The molecule has 3 rings (SSSR count). The summed E-state index contributed by atoms with van der Waals surface area (Å²) in [5.41, 5.74) is 8.89. The van der Waals surface area contributed by atoms with Crippen molar-refractivity contribution in [2.24, 2.45) is 0 Å². The predicted molar refractivity (Wildman–Crippen MR) is 70.3 cm³/mol. The number of anilines is 1. The second-order valence-corrected chi connectivity index (χ2v) is 4.39. The topological polar surface area (TPSA) is 47.8 Å². The van der Waals surface area contributed by atoms with E-state index in [2.05, 4.69) is 0 Å². The van der Waals surface area contributed by atoms with Crippen LogP contribution in [0.4, 0.5) is 5.69 Å². The summed E-state index contributed by atoms with van der Waals surface area (Å²) in [6.45, 7) is 1.33. The van der Waals surface area contributed by atoms with Gasteiger partial charge in [-0.1, -0.05) is 36.4 Å². The molecule has 3 heteroatoms. The summed E-state index contributed by atoms with van der Waals surface area (Å²) in [4.78, 5) is 0. The highest BCUT2D eigenvalue weighted by atomic mass is 16.6. The molecular formula is C15H15NO2. The maximum absolute atomic E-state index is 5.97. The Morgan fingerprint density at radius 2 is 1.94 bits per heavy atom. The third-order valence-corrected chi connectivity index (χ3v) is 2.98. The highest BCUT2D eigenvalue weighted by Gasteiger charge is 2.25. The first-order valence-corrected chi connectivity index (χ1v) is 6.01. The van der Waals surface area contributed by atoms with Crippen molar-refractivity contribution in [3.8, 4) is 5.75 Å². The lowest BCUT2D eigenvalue weighted by atomic mass is 10.1. The molecular weight excluding hydrogens is 226 g/mol. The summed E-state index contributed by atoms with van der Waals surface area (Å²) in [6.07, 6.45) is 0.232. The molecule has 3 nitrogen and oxygen atoms in total. The van der Waals surface area contributed by atoms with Gasteiger partial charge in [-0.25, -0.2) is 0 Å². The molecule has 18 heavy (non-hydrogen) atoms. The third kappa shape index (κ3) is 2.46. The Bertz CT molecular complexity index is 535. The standard InChI is InChI=1S/C15H15NO2/c16-13-8-12(15-10-18-15)6-7-14(13)17-9-11-4-2-1-3-5-11/h1-8,15H,9-10,16H2/t15-/m0/s1. The van der Waals surface area contributed by atoms with E-state index in [1.54, 1.807) is 0 Å². The average Bonchev–Trinajstić information content (AvgIpc) is 3.23. The van der Waals surface area contributed by atoms with Gasteiger partial charge in [-0.3, -0.25) is 0 Å². The Hall–Kier alpha value is -2.00. The minimum Gasteiger partial charge on any atom is -0.487 e. The van der Waals surface area contributed by atoms with Crippen LogP contribution in [0.2, 0.25) is 0 Å². The fraction of sp³-hybridized carbons (Fsp3) is 0.200. The molecule has 0 aliphatic carbocycles. The van der Waals surface area contributed by atoms with Gasteiger partial charge in [0, 0.05) is 0 Å². The average molecular weight is 241 g/mol. The SMILES string of the molecule is Nc1cc([C@@H]2CO2)ccc1OCc1ccccc1. The first-order chi connectivity index (χ1) is 8.83. The molecule has 0 spiro atoms. The number of rotatable bonds is 4. The smallest absolute Gasteiger partial charge is 0.142 e. The highest BCUT2D eigenvalue weighted by Crippen LogP contribution is 2.33. The van der Waals surface area contributed by atoms with Gasteiger partial charge in [0.05, 0.1) is 12.3 Å². The summed E-state index contributed by atoms with van der Waals surface area (Å²) in [5, 5.41) is 0. The molecule has 1 aliphatic rings. The maximum atomic E-state index is 5.97. The number of benzene rings is 2. The second-order valence-electron chi connectivity index (χ2n) is 4.39. The molecule has 92 valence electrons. The van der Waals surface area contributed by atoms with Crippen LogP contribution >= 0.6 is 0 Å². The van der Waals surface area contributed by atoms with E-state index in [-0.39, 0.29) is 6.10 Å².